The molecular formula is C11H14N2OS. The highest BCUT2D eigenvalue weighted by Gasteiger charge is 1.99. The van der Waals surface area contributed by atoms with Crippen molar-refractivity contribution in [3.63, 3.8) is 0 Å². The van der Waals surface area contributed by atoms with Crippen LogP contribution in [0.3, 0.4) is 0 Å². The second-order valence-corrected chi connectivity index (χ2v) is 4.47. The van der Waals surface area contributed by atoms with E-state index in [4.69, 9.17) is 4.52 Å². The van der Waals surface area contributed by atoms with Crippen LogP contribution in [-0.4, -0.2) is 11.7 Å². The largest absolute Gasteiger partial charge is 0.360 e. The van der Waals surface area contributed by atoms with Crippen LogP contribution in [0.1, 0.15) is 16.3 Å². The summed E-state index contributed by atoms with van der Waals surface area (Å²) in [5.41, 5.74) is 0.935. The predicted molar refractivity (Wildman–Crippen MR) is 61.0 cm³/mol. The van der Waals surface area contributed by atoms with Crippen LogP contribution in [0.2, 0.25) is 0 Å². The van der Waals surface area contributed by atoms with Crippen molar-refractivity contribution in [1.82, 2.24) is 10.5 Å². The SMILES string of the molecule is Cc1cc(CNCCc2cccs2)on1. The Hall–Kier alpha value is -1.13. The molecule has 0 fully saturated rings. The van der Waals surface area contributed by atoms with Gasteiger partial charge < -0.3 is 9.84 Å². The number of aryl methyl sites for hydroxylation is 1. The zero-order chi connectivity index (χ0) is 10.5. The third-order valence-corrected chi connectivity index (χ3v) is 3.04. The first-order valence-electron chi connectivity index (χ1n) is 5.00. The molecule has 0 amide bonds. The zero-order valence-corrected chi connectivity index (χ0v) is 9.51. The van der Waals surface area contributed by atoms with Crippen LogP contribution in [-0.2, 0) is 13.0 Å². The van der Waals surface area contributed by atoms with Crippen molar-refractivity contribution in [3.05, 3.63) is 39.9 Å². The van der Waals surface area contributed by atoms with E-state index in [0.29, 0.717) is 0 Å². The standard InChI is InChI=1S/C11H14N2OS/c1-9-7-10(14-13-9)8-12-5-4-11-3-2-6-15-11/h2-3,6-7,12H,4-5,8H2,1H3. The van der Waals surface area contributed by atoms with Crippen LogP contribution in [0.5, 0.6) is 0 Å². The summed E-state index contributed by atoms with van der Waals surface area (Å²) in [6.45, 7) is 3.66. The monoisotopic (exact) mass is 222 g/mol. The Morgan fingerprint density at radius 3 is 3.13 bits per heavy atom. The predicted octanol–water partition coefficient (Wildman–Crippen LogP) is 2.38. The lowest BCUT2D eigenvalue weighted by molar-refractivity contribution is 0.370. The van der Waals surface area contributed by atoms with E-state index in [1.807, 2.05) is 13.0 Å². The Morgan fingerprint density at radius 2 is 2.47 bits per heavy atom. The molecule has 0 aromatic carbocycles. The van der Waals surface area contributed by atoms with Gasteiger partial charge in [-0.05, 0) is 24.8 Å². The van der Waals surface area contributed by atoms with Gasteiger partial charge in [-0.1, -0.05) is 11.2 Å². The second kappa shape index (κ2) is 5.09. The topological polar surface area (TPSA) is 38.1 Å². The number of rotatable bonds is 5. The van der Waals surface area contributed by atoms with Gasteiger partial charge in [0.1, 0.15) is 0 Å². The van der Waals surface area contributed by atoms with Crippen LogP contribution in [0.4, 0.5) is 0 Å². The van der Waals surface area contributed by atoms with Crippen LogP contribution >= 0.6 is 11.3 Å². The number of hydrogen-bond acceptors (Lipinski definition) is 4. The lowest BCUT2D eigenvalue weighted by Crippen LogP contribution is -2.15. The highest BCUT2D eigenvalue weighted by molar-refractivity contribution is 7.09. The molecule has 0 spiro atoms. The molecule has 4 heteroatoms. The average molecular weight is 222 g/mol. The second-order valence-electron chi connectivity index (χ2n) is 3.44. The normalized spacial score (nSPS) is 10.7. The summed E-state index contributed by atoms with van der Waals surface area (Å²) in [4.78, 5) is 1.41. The third kappa shape index (κ3) is 3.18. The van der Waals surface area contributed by atoms with Gasteiger partial charge in [-0.15, -0.1) is 11.3 Å². The molecule has 0 radical (unpaired) electrons. The van der Waals surface area contributed by atoms with Gasteiger partial charge in [0.05, 0.1) is 12.2 Å². The third-order valence-electron chi connectivity index (χ3n) is 2.10. The first kappa shape index (κ1) is 10.4. The molecule has 0 bridgehead atoms. The van der Waals surface area contributed by atoms with E-state index in [9.17, 15) is 0 Å². The minimum absolute atomic E-state index is 0.756. The van der Waals surface area contributed by atoms with Crippen molar-refractivity contribution >= 4 is 11.3 Å². The molecular weight excluding hydrogens is 208 g/mol. The van der Waals surface area contributed by atoms with Crippen LogP contribution < -0.4 is 5.32 Å². The summed E-state index contributed by atoms with van der Waals surface area (Å²) in [5, 5.41) is 9.26. The fourth-order valence-electron chi connectivity index (χ4n) is 1.38. The summed E-state index contributed by atoms with van der Waals surface area (Å²) in [7, 11) is 0. The molecule has 0 aliphatic carbocycles. The highest BCUT2D eigenvalue weighted by Crippen LogP contribution is 2.08. The summed E-state index contributed by atoms with van der Waals surface area (Å²) in [6.07, 6.45) is 1.07. The average Bonchev–Trinajstić information content (AvgIpc) is 2.84. The van der Waals surface area contributed by atoms with Gasteiger partial charge in [-0.2, -0.15) is 0 Å². The summed E-state index contributed by atoms with van der Waals surface area (Å²) < 4.78 is 5.09. The molecule has 0 saturated carbocycles. The Balaban J connectivity index is 1.67. The molecule has 0 saturated heterocycles. The van der Waals surface area contributed by atoms with Gasteiger partial charge in [0.15, 0.2) is 5.76 Å². The number of nitrogens with one attached hydrogen (secondary N) is 1. The number of thiophene rings is 1. The van der Waals surface area contributed by atoms with Crippen LogP contribution in [0.25, 0.3) is 0 Å². The van der Waals surface area contributed by atoms with E-state index in [1.54, 1.807) is 11.3 Å². The smallest absolute Gasteiger partial charge is 0.150 e. The molecule has 2 heterocycles. The minimum atomic E-state index is 0.756. The molecule has 15 heavy (non-hydrogen) atoms. The minimum Gasteiger partial charge on any atom is -0.360 e. The molecule has 2 aromatic heterocycles. The van der Waals surface area contributed by atoms with E-state index < -0.39 is 0 Å². The van der Waals surface area contributed by atoms with E-state index in [1.165, 1.54) is 4.88 Å². The van der Waals surface area contributed by atoms with Gasteiger partial charge in [-0.3, -0.25) is 0 Å². The van der Waals surface area contributed by atoms with Crippen molar-refractivity contribution in [2.45, 2.75) is 19.9 Å². The summed E-state index contributed by atoms with van der Waals surface area (Å²) in [6, 6.07) is 6.20. The molecule has 0 atom stereocenters. The molecule has 0 aliphatic heterocycles. The molecule has 0 aliphatic rings. The van der Waals surface area contributed by atoms with E-state index in [-0.39, 0.29) is 0 Å². The number of hydrogen-bond donors (Lipinski definition) is 1. The maximum absolute atomic E-state index is 5.09. The fraction of sp³-hybridized carbons (Fsp3) is 0.364. The molecule has 3 nitrogen and oxygen atoms in total. The number of aromatic nitrogens is 1. The van der Waals surface area contributed by atoms with Crippen LogP contribution in [0, 0.1) is 6.92 Å². The summed E-state index contributed by atoms with van der Waals surface area (Å²) >= 11 is 1.80. The summed E-state index contributed by atoms with van der Waals surface area (Å²) in [5.74, 6) is 0.902. The van der Waals surface area contributed by atoms with Gasteiger partial charge in [0, 0.05) is 17.5 Å². The van der Waals surface area contributed by atoms with Crippen molar-refractivity contribution in [3.8, 4) is 0 Å². The zero-order valence-electron chi connectivity index (χ0n) is 8.69. The Morgan fingerprint density at radius 1 is 1.53 bits per heavy atom. The molecule has 2 rings (SSSR count). The van der Waals surface area contributed by atoms with Gasteiger partial charge in [0.25, 0.3) is 0 Å². The lowest BCUT2D eigenvalue weighted by Gasteiger charge is -1.99. The molecule has 2 aromatic rings. The van der Waals surface area contributed by atoms with E-state index in [0.717, 1.165) is 31.0 Å². The van der Waals surface area contributed by atoms with Crippen molar-refractivity contribution in [2.24, 2.45) is 0 Å². The van der Waals surface area contributed by atoms with Crippen LogP contribution in [0.15, 0.2) is 28.1 Å². The molecule has 1 N–H and O–H groups in total. The fourth-order valence-corrected chi connectivity index (χ4v) is 2.09. The Labute approximate surface area is 93.1 Å². The van der Waals surface area contributed by atoms with Gasteiger partial charge in [-0.25, -0.2) is 0 Å². The first-order valence-corrected chi connectivity index (χ1v) is 5.88. The van der Waals surface area contributed by atoms with Gasteiger partial charge >= 0.3 is 0 Å². The molecule has 80 valence electrons. The van der Waals surface area contributed by atoms with Crippen molar-refractivity contribution < 1.29 is 4.52 Å². The van der Waals surface area contributed by atoms with E-state index in [2.05, 4.69) is 28.0 Å². The van der Waals surface area contributed by atoms with Gasteiger partial charge in [0.2, 0.25) is 0 Å². The first-order chi connectivity index (χ1) is 7.34. The lowest BCUT2D eigenvalue weighted by atomic mass is 10.3. The quantitative estimate of drug-likeness (QED) is 0.789. The number of nitrogens with zero attached hydrogens (tertiary/aromatic N) is 1. The molecule has 0 unspecified atom stereocenters. The Bertz CT molecular complexity index is 394. The van der Waals surface area contributed by atoms with Crippen molar-refractivity contribution in [2.75, 3.05) is 6.54 Å². The van der Waals surface area contributed by atoms with E-state index >= 15 is 0 Å². The van der Waals surface area contributed by atoms with Crippen molar-refractivity contribution in [1.29, 1.82) is 0 Å². The maximum Gasteiger partial charge on any atom is 0.150 e. The maximum atomic E-state index is 5.09. The Kier molecular flexibility index (Phi) is 3.53. The highest BCUT2D eigenvalue weighted by atomic mass is 32.1.